The number of nitriles is 2. The number of Topliss-reactive ketones (excluding diaryl/α,β-unsaturated/α-hetero) is 1. The van der Waals surface area contributed by atoms with E-state index >= 15 is 0 Å². The molecule has 10 nitrogen and oxygen atoms in total. The van der Waals surface area contributed by atoms with Crippen molar-refractivity contribution >= 4 is 58.2 Å². The number of carbonyl (C=O) groups excluding carboxylic acids is 4. The van der Waals surface area contributed by atoms with Gasteiger partial charge in [-0.2, -0.15) is 21.9 Å². The first kappa shape index (κ1) is 29.1. The van der Waals surface area contributed by atoms with Gasteiger partial charge in [-0.1, -0.05) is 11.8 Å². The highest BCUT2D eigenvalue weighted by atomic mass is 32.2. The predicted molar refractivity (Wildman–Crippen MR) is 156 cm³/mol. The number of ether oxygens (including phenoxy) is 1. The topological polar surface area (TPSA) is 167 Å². The first-order valence-electron chi connectivity index (χ1n) is 12.5. The zero-order valence-electron chi connectivity index (χ0n) is 21.9. The second kappa shape index (κ2) is 12.2. The number of nitrogens with zero attached hydrogens (tertiary/aromatic N) is 4. The summed E-state index contributed by atoms with van der Waals surface area (Å²) in [5.41, 5.74) is 7.58. The Kier molecular flexibility index (Phi) is 8.29. The van der Waals surface area contributed by atoms with Crippen LogP contribution in [0.1, 0.15) is 38.3 Å². The fourth-order valence-electron chi connectivity index (χ4n) is 4.36. The van der Waals surface area contributed by atoms with Gasteiger partial charge in [0.25, 0.3) is 0 Å². The average molecular weight is 612 g/mol. The number of anilines is 2. The molecule has 1 saturated heterocycles. The Bertz CT molecular complexity index is 1850. The van der Waals surface area contributed by atoms with Gasteiger partial charge in [-0.15, -0.1) is 0 Å². The van der Waals surface area contributed by atoms with Gasteiger partial charge in [0, 0.05) is 17.5 Å². The molecule has 1 aliphatic rings. The molecule has 0 bridgehead atoms. The molecule has 0 radical (unpaired) electrons. The summed E-state index contributed by atoms with van der Waals surface area (Å²) in [4.78, 5) is 56.1. The molecular formula is C30H18FN5O5S2. The number of carbonyl (C=O) groups is 4. The second-order valence-electron chi connectivity index (χ2n) is 9.09. The molecule has 2 amide bonds. The Hall–Kier alpha value is -5.37. The van der Waals surface area contributed by atoms with Crippen molar-refractivity contribution in [2.24, 2.45) is 0 Å². The quantitative estimate of drug-likeness (QED) is 0.167. The Morgan fingerprint density at radius 2 is 1.72 bits per heavy atom. The van der Waals surface area contributed by atoms with Crippen LogP contribution in [0.3, 0.4) is 0 Å². The lowest BCUT2D eigenvalue weighted by Crippen LogP contribution is -2.31. The van der Waals surface area contributed by atoms with E-state index in [4.69, 9.17) is 10.5 Å². The minimum absolute atomic E-state index is 0.0492. The van der Waals surface area contributed by atoms with Crippen molar-refractivity contribution < 1.29 is 28.3 Å². The minimum Gasteiger partial charge on any atom is -0.454 e. The summed E-state index contributed by atoms with van der Waals surface area (Å²) in [7, 11) is 0. The van der Waals surface area contributed by atoms with Crippen LogP contribution >= 0.6 is 23.1 Å². The molecule has 0 saturated carbocycles. The van der Waals surface area contributed by atoms with Crippen LogP contribution in [0.5, 0.6) is 0 Å². The number of amides is 2. The summed E-state index contributed by atoms with van der Waals surface area (Å²) in [6.45, 7) is -0.555. The highest BCUT2D eigenvalue weighted by Crippen LogP contribution is 2.40. The number of pyridine rings is 1. The standard InChI is InChI=1S/C30H18FN5O5S2/c31-19-5-1-16(2-6-19)23(37)14-41-30(40)17-3-7-20(8-4-17)36-25(38)11-24(29(36)39)43-28-22(13-33)26(18-9-10-42-15-18)21(12-32)27(34)35-28/h1-10,15,24H,11,14H2,(H2,34,35). The molecule has 5 rings (SSSR count). The van der Waals surface area contributed by atoms with E-state index in [0.29, 0.717) is 11.1 Å². The number of nitrogens with two attached hydrogens (primary N) is 1. The monoisotopic (exact) mass is 611 g/mol. The Morgan fingerprint density at radius 1 is 1.05 bits per heavy atom. The zero-order valence-corrected chi connectivity index (χ0v) is 23.6. The molecule has 1 fully saturated rings. The lowest BCUT2D eigenvalue weighted by Gasteiger charge is -2.16. The number of thioether (sulfide) groups is 1. The van der Waals surface area contributed by atoms with Gasteiger partial charge in [0.1, 0.15) is 34.4 Å². The van der Waals surface area contributed by atoms with Crippen molar-refractivity contribution in [3.63, 3.8) is 0 Å². The number of nitrogen functional groups attached to an aromatic ring is 1. The van der Waals surface area contributed by atoms with Crippen molar-refractivity contribution in [3.8, 4) is 23.3 Å². The maximum absolute atomic E-state index is 13.3. The number of hydrogen-bond acceptors (Lipinski definition) is 11. The van der Waals surface area contributed by atoms with Crippen LogP contribution in [0.15, 0.2) is 70.4 Å². The Morgan fingerprint density at radius 3 is 2.35 bits per heavy atom. The molecule has 2 N–H and O–H groups in total. The van der Waals surface area contributed by atoms with Crippen molar-refractivity contribution in [3.05, 3.63) is 93.4 Å². The SMILES string of the molecule is N#Cc1c(N)nc(SC2CC(=O)N(c3ccc(C(=O)OCC(=O)c4ccc(F)cc4)cc3)C2=O)c(C#N)c1-c1ccsc1. The first-order chi connectivity index (χ1) is 20.7. The molecule has 0 aliphatic carbocycles. The van der Waals surface area contributed by atoms with Crippen molar-refractivity contribution in [2.75, 3.05) is 17.2 Å². The maximum atomic E-state index is 13.3. The third kappa shape index (κ3) is 5.85. The van der Waals surface area contributed by atoms with Crippen LogP contribution in [0, 0.1) is 28.5 Å². The molecule has 4 aromatic rings. The summed E-state index contributed by atoms with van der Waals surface area (Å²) >= 11 is 2.29. The van der Waals surface area contributed by atoms with Crippen LogP contribution in [-0.2, 0) is 14.3 Å². The molecule has 2 aromatic heterocycles. The van der Waals surface area contributed by atoms with Crippen LogP contribution < -0.4 is 10.6 Å². The molecule has 1 atom stereocenters. The number of imide groups is 1. The highest BCUT2D eigenvalue weighted by molar-refractivity contribution is 8.00. The summed E-state index contributed by atoms with van der Waals surface area (Å²) in [5.74, 6) is -2.96. The number of thiophene rings is 1. The van der Waals surface area contributed by atoms with Gasteiger partial charge in [0.05, 0.1) is 22.1 Å². The summed E-state index contributed by atoms with van der Waals surface area (Å²) in [6.07, 6.45) is -0.182. The molecule has 43 heavy (non-hydrogen) atoms. The fraction of sp³-hybridized carbons (Fsp3) is 0.100. The van der Waals surface area contributed by atoms with E-state index < -0.39 is 41.2 Å². The maximum Gasteiger partial charge on any atom is 0.338 e. The van der Waals surface area contributed by atoms with E-state index in [2.05, 4.69) is 11.1 Å². The predicted octanol–water partition coefficient (Wildman–Crippen LogP) is 4.74. The lowest BCUT2D eigenvalue weighted by atomic mass is 9.99. The first-order valence-corrected chi connectivity index (χ1v) is 14.3. The molecule has 13 heteroatoms. The van der Waals surface area contributed by atoms with E-state index in [9.17, 15) is 34.1 Å². The number of esters is 1. The number of halogens is 1. The zero-order chi connectivity index (χ0) is 30.7. The molecule has 3 heterocycles. The van der Waals surface area contributed by atoms with Crippen LogP contribution in [0.2, 0.25) is 0 Å². The highest BCUT2D eigenvalue weighted by Gasteiger charge is 2.41. The number of hydrogen-bond donors (Lipinski definition) is 1. The van der Waals surface area contributed by atoms with Gasteiger partial charge in [-0.25, -0.2) is 19.1 Å². The van der Waals surface area contributed by atoms with Crippen LogP contribution in [-0.4, -0.2) is 40.4 Å². The van der Waals surface area contributed by atoms with E-state index in [1.807, 2.05) is 6.07 Å². The summed E-state index contributed by atoms with van der Waals surface area (Å²) in [6, 6.07) is 16.1. The largest absolute Gasteiger partial charge is 0.454 e. The van der Waals surface area contributed by atoms with Crippen molar-refractivity contribution in [1.82, 2.24) is 4.98 Å². The van der Waals surface area contributed by atoms with Crippen molar-refractivity contribution in [1.29, 1.82) is 10.5 Å². The second-order valence-corrected chi connectivity index (χ2v) is 11.1. The van der Waals surface area contributed by atoms with Gasteiger partial charge < -0.3 is 10.5 Å². The third-order valence-corrected chi connectivity index (χ3v) is 8.30. The molecule has 1 unspecified atom stereocenters. The van der Waals surface area contributed by atoms with E-state index in [-0.39, 0.29) is 45.2 Å². The lowest BCUT2D eigenvalue weighted by molar-refractivity contribution is -0.121. The molecule has 1 aliphatic heterocycles. The number of benzene rings is 2. The molecule has 0 spiro atoms. The third-order valence-electron chi connectivity index (χ3n) is 6.45. The Balaban J connectivity index is 1.30. The van der Waals surface area contributed by atoms with E-state index in [1.54, 1.807) is 16.8 Å². The number of aromatic nitrogens is 1. The van der Waals surface area contributed by atoms with Gasteiger partial charge in [0.15, 0.2) is 12.4 Å². The number of rotatable bonds is 8. The number of ketones is 1. The molecule has 212 valence electrons. The van der Waals surface area contributed by atoms with Crippen molar-refractivity contribution in [2.45, 2.75) is 16.7 Å². The van der Waals surface area contributed by atoms with Gasteiger partial charge in [-0.3, -0.25) is 14.4 Å². The summed E-state index contributed by atoms with van der Waals surface area (Å²) < 4.78 is 18.1. The Labute approximate surface area is 252 Å². The summed E-state index contributed by atoms with van der Waals surface area (Å²) in [5, 5.41) is 22.4. The van der Waals surface area contributed by atoms with Gasteiger partial charge in [-0.05, 0) is 70.9 Å². The molecule has 2 aromatic carbocycles. The smallest absolute Gasteiger partial charge is 0.338 e. The van der Waals surface area contributed by atoms with Crippen LogP contribution in [0.25, 0.3) is 11.1 Å². The van der Waals surface area contributed by atoms with Gasteiger partial charge >= 0.3 is 5.97 Å². The minimum atomic E-state index is -0.920. The van der Waals surface area contributed by atoms with E-state index in [1.165, 1.54) is 47.7 Å². The molecular weight excluding hydrogens is 593 g/mol. The van der Waals surface area contributed by atoms with Gasteiger partial charge in [0.2, 0.25) is 11.8 Å². The fourth-order valence-corrected chi connectivity index (χ4v) is 6.13. The van der Waals surface area contributed by atoms with E-state index in [0.717, 1.165) is 28.8 Å². The normalized spacial score (nSPS) is 14.3. The van der Waals surface area contributed by atoms with Crippen LogP contribution in [0.4, 0.5) is 15.9 Å². The average Bonchev–Trinajstić information content (AvgIpc) is 3.63.